The van der Waals surface area contributed by atoms with Crippen LogP contribution in [-0.2, 0) is 17.6 Å². The highest BCUT2D eigenvalue weighted by Gasteiger charge is 2.27. The Morgan fingerprint density at radius 2 is 2.08 bits per heavy atom. The highest BCUT2D eigenvalue weighted by molar-refractivity contribution is 7.15. The van der Waals surface area contributed by atoms with E-state index in [1.807, 2.05) is 6.07 Å². The van der Waals surface area contributed by atoms with Gasteiger partial charge in [-0.05, 0) is 50.7 Å². The van der Waals surface area contributed by atoms with Gasteiger partial charge in [0.1, 0.15) is 0 Å². The Morgan fingerprint density at radius 3 is 2.92 bits per heavy atom. The number of fused-ring (bicyclic) bond motifs is 1. The van der Waals surface area contributed by atoms with Crippen molar-refractivity contribution in [2.45, 2.75) is 44.9 Å². The number of aromatic nitrogens is 3. The predicted molar refractivity (Wildman–Crippen MR) is 104 cm³/mol. The lowest BCUT2D eigenvalue weighted by molar-refractivity contribution is -0.120. The Labute approximate surface area is 162 Å². The molecule has 0 unspecified atom stereocenters. The summed E-state index contributed by atoms with van der Waals surface area (Å²) in [6.07, 6.45) is 7.66. The van der Waals surface area contributed by atoms with Crippen molar-refractivity contribution in [1.29, 1.82) is 0 Å². The molecule has 2 aliphatic rings. The van der Waals surface area contributed by atoms with E-state index in [1.54, 1.807) is 17.4 Å². The van der Waals surface area contributed by atoms with Crippen LogP contribution in [0.15, 0.2) is 12.1 Å². The number of piperidine rings is 1. The molecule has 1 atom stereocenters. The molecule has 26 heavy (non-hydrogen) atoms. The van der Waals surface area contributed by atoms with Crippen molar-refractivity contribution in [1.82, 2.24) is 15.2 Å². The van der Waals surface area contributed by atoms with E-state index in [0.717, 1.165) is 43.2 Å². The zero-order chi connectivity index (χ0) is 17.9. The van der Waals surface area contributed by atoms with Crippen LogP contribution < -0.4 is 10.2 Å². The van der Waals surface area contributed by atoms with Gasteiger partial charge in [0.15, 0.2) is 16.1 Å². The van der Waals surface area contributed by atoms with Gasteiger partial charge < -0.3 is 10.2 Å². The maximum absolute atomic E-state index is 12.8. The minimum absolute atomic E-state index is 0.0560. The molecule has 1 aliphatic heterocycles. The van der Waals surface area contributed by atoms with E-state index >= 15 is 0 Å². The Hall–Kier alpha value is -1.73. The summed E-state index contributed by atoms with van der Waals surface area (Å²) in [4.78, 5) is 20.9. The molecule has 1 saturated heterocycles. The van der Waals surface area contributed by atoms with Crippen LogP contribution in [0, 0.1) is 5.92 Å². The molecule has 0 aromatic carbocycles. The van der Waals surface area contributed by atoms with Crippen molar-refractivity contribution in [3.05, 3.63) is 27.9 Å². The fraction of sp³-hybridized carbons (Fsp3) is 0.556. The minimum Gasteiger partial charge on any atom is -0.354 e. The number of hydrogen-bond acceptors (Lipinski definition) is 6. The van der Waals surface area contributed by atoms with Crippen molar-refractivity contribution in [3.8, 4) is 0 Å². The summed E-state index contributed by atoms with van der Waals surface area (Å²) in [5.74, 6) is 0.762. The SMILES string of the molecule is O=C(Nc1nc2c(s1)CCCCC2)[C@@H]1CCCN(c2ccc(Cl)nn2)C1. The molecule has 2 aromatic heterocycles. The van der Waals surface area contributed by atoms with Crippen LogP contribution in [0.3, 0.4) is 0 Å². The molecular formula is C18H22ClN5OS. The average Bonchev–Trinajstić information content (AvgIpc) is 2.90. The van der Waals surface area contributed by atoms with Crippen molar-refractivity contribution in [2.24, 2.45) is 5.92 Å². The summed E-state index contributed by atoms with van der Waals surface area (Å²) in [7, 11) is 0. The third-order valence-electron chi connectivity index (χ3n) is 5.06. The van der Waals surface area contributed by atoms with Gasteiger partial charge >= 0.3 is 0 Å². The van der Waals surface area contributed by atoms with Gasteiger partial charge in [-0.2, -0.15) is 0 Å². The molecule has 6 nitrogen and oxygen atoms in total. The molecule has 1 aliphatic carbocycles. The van der Waals surface area contributed by atoms with Crippen LogP contribution in [0.5, 0.6) is 0 Å². The van der Waals surface area contributed by atoms with E-state index < -0.39 is 0 Å². The number of carbonyl (C=O) groups is 1. The van der Waals surface area contributed by atoms with Gasteiger partial charge in [-0.25, -0.2) is 4.98 Å². The molecule has 0 bridgehead atoms. The molecule has 1 N–H and O–H groups in total. The van der Waals surface area contributed by atoms with E-state index in [9.17, 15) is 4.79 Å². The Kier molecular flexibility index (Phi) is 5.36. The number of aryl methyl sites for hydroxylation is 2. The summed E-state index contributed by atoms with van der Waals surface area (Å²) < 4.78 is 0. The molecular weight excluding hydrogens is 370 g/mol. The average molecular weight is 392 g/mol. The van der Waals surface area contributed by atoms with Gasteiger partial charge in [0, 0.05) is 18.0 Å². The summed E-state index contributed by atoms with van der Waals surface area (Å²) in [5.41, 5.74) is 1.18. The molecule has 1 fully saturated rings. The predicted octanol–water partition coefficient (Wildman–Crippen LogP) is 3.71. The zero-order valence-corrected chi connectivity index (χ0v) is 16.2. The summed E-state index contributed by atoms with van der Waals surface area (Å²) in [6.45, 7) is 1.53. The molecule has 0 spiro atoms. The van der Waals surface area contributed by atoms with Crippen LogP contribution in [0.1, 0.15) is 42.7 Å². The van der Waals surface area contributed by atoms with Crippen molar-refractivity contribution in [2.75, 3.05) is 23.3 Å². The molecule has 8 heteroatoms. The fourth-order valence-corrected chi connectivity index (χ4v) is 4.82. The quantitative estimate of drug-likeness (QED) is 0.807. The first-order valence-corrected chi connectivity index (χ1v) is 10.4. The number of halogens is 1. The molecule has 3 heterocycles. The van der Waals surface area contributed by atoms with E-state index in [0.29, 0.717) is 11.7 Å². The number of anilines is 2. The number of thiazole rings is 1. The second kappa shape index (κ2) is 7.88. The van der Waals surface area contributed by atoms with Crippen LogP contribution >= 0.6 is 22.9 Å². The molecule has 4 rings (SSSR count). The van der Waals surface area contributed by atoms with Gasteiger partial charge in [-0.15, -0.1) is 21.5 Å². The largest absolute Gasteiger partial charge is 0.354 e. The highest BCUT2D eigenvalue weighted by atomic mass is 35.5. The molecule has 2 aromatic rings. The second-order valence-corrected chi connectivity index (χ2v) is 8.41. The van der Waals surface area contributed by atoms with Crippen molar-refractivity contribution in [3.63, 3.8) is 0 Å². The van der Waals surface area contributed by atoms with Gasteiger partial charge in [0.25, 0.3) is 0 Å². The Balaban J connectivity index is 1.40. The van der Waals surface area contributed by atoms with Gasteiger partial charge in [-0.1, -0.05) is 18.0 Å². The van der Waals surface area contributed by atoms with Crippen LogP contribution in [0.2, 0.25) is 5.15 Å². The molecule has 1 amide bonds. The monoisotopic (exact) mass is 391 g/mol. The fourth-order valence-electron chi connectivity index (χ4n) is 3.67. The molecule has 0 saturated carbocycles. The zero-order valence-electron chi connectivity index (χ0n) is 14.6. The number of rotatable bonds is 3. The minimum atomic E-state index is -0.0649. The van der Waals surface area contributed by atoms with Crippen LogP contribution in [-0.4, -0.2) is 34.2 Å². The lowest BCUT2D eigenvalue weighted by Crippen LogP contribution is -2.41. The van der Waals surface area contributed by atoms with Gasteiger partial charge in [0.05, 0.1) is 11.6 Å². The van der Waals surface area contributed by atoms with E-state index in [-0.39, 0.29) is 11.8 Å². The first-order chi connectivity index (χ1) is 12.7. The summed E-state index contributed by atoms with van der Waals surface area (Å²) in [6, 6.07) is 3.59. The smallest absolute Gasteiger partial charge is 0.231 e. The number of carbonyl (C=O) groups excluding carboxylic acids is 1. The van der Waals surface area contributed by atoms with E-state index in [2.05, 4.69) is 25.4 Å². The van der Waals surface area contributed by atoms with E-state index in [1.165, 1.54) is 29.8 Å². The normalized spacial score (nSPS) is 20.3. The van der Waals surface area contributed by atoms with Gasteiger partial charge in [-0.3, -0.25) is 4.79 Å². The third kappa shape index (κ3) is 3.99. The number of amides is 1. The summed E-state index contributed by atoms with van der Waals surface area (Å²) >= 11 is 7.46. The van der Waals surface area contributed by atoms with Crippen molar-refractivity contribution >= 4 is 39.8 Å². The lowest BCUT2D eigenvalue weighted by Gasteiger charge is -2.32. The number of nitrogens with zero attached hydrogens (tertiary/aromatic N) is 4. The second-order valence-electron chi connectivity index (χ2n) is 6.94. The maximum atomic E-state index is 12.8. The number of hydrogen-bond donors (Lipinski definition) is 1. The molecule has 138 valence electrons. The first kappa shape index (κ1) is 17.7. The van der Waals surface area contributed by atoms with Crippen molar-refractivity contribution < 1.29 is 4.79 Å². The molecule has 0 radical (unpaired) electrons. The number of nitrogens with one attached hydrogen (secondary N) is 1. The van der Waals surface area contributed by atoms with Crippen LogP contribution in [0.4, 0.5) is 10.9 Å². The standard InChI is InChI=1S/C18H22ClN5OS/c19-15-8-9-16(23-22-15)24-10-4-5-12(11-24)17(25)21-18-20-13-6-2-1-3-7-14(13)26-18/h8-9,12H,1-7,10-11H2,(H,20,21,25)/t12-/m1/s1. The third-order valence-corrected chi connectivity index (χ3v) is 6.33. The van der Waals surface area contributed by atoms with Crippen LogP contribution in [0.25, 0.3) is 0 Å². The first-order valence-electron chi connectivity index (χ1n) is 9.22. The Bertz CT molecular complexity index is 755. The topological polar surface area (TPSA) is 71.0 Å². The van der Waals surface area contributed by atoms with Gasteiger partial charge in [0.2, 0.25) is 5.91 Å². The Morgan fingerprint density at radius 1 is 1.19 bits per heavy atom. The van der Waals surface area contributed by atoms with E-state index in [4.69, 9.17) is 11.6 Å². The summed E-state index contributed by atoms with van der Waals surface area (Å²) in [5, 5.41) is 12.2. The highest BCUT2D eigenvalue weighted by Crippen LogP contribution is 2.30. The lowest BCUT2D eigenvalue weighted by atomic mass is 9.97. The maximum Gasteiger partial charge on any atom is 0.231 e.